The van der Waals surface area contributed by atoms with Gasteiger partial charge in [0.05, 0.1) is 0 Å². The zero-order valence-electron chi connectivity index (χ0n) is 2.29. The normalized spacial score (nSPS) is 11.0. The molecule has 0 spiro atoms. The van der Waals surface area contributed by atoms with Gasteiger partial charge >= 0.3 is 34.1 Å². The first-order chi connectivity index (χ1) is 2.27. The van der Waals surface area contributed by atoms with Crippen molar-refractivity contribution < 1.29 is 29.1 Å². The molecule has 35 valence electrons. The monoisotopic (exact) mass is 258 g/mol. The summed E-state index contributed by atoms with van der Waals surface area (Å²) in [7, 11) is 0. The summed E-state index contributed by atoms with van der Waals surface area (Å²) in [5.41, 5.74) is 0. The fourth-order valence-electron chi connectivity index (χ4n) is 0. The van der Waals surface area contributed by atoms with Gasteiger partial charge in [-0.1, -0.05) is 0 Å². The Bertz CT molecular complexity index is 65.0. The minimum absolute atomic E-state index is 0.648. The fraction of sp³-hybridized carbons (Fsp3) is 1.00. The second-order valence-corrected chi connectivity index (χ2v) is 2.74. The molecular formula is CH3O3Pt. The van der Waals surface area contributed by atoms with Crippen LogP contribution in [-0.4, -0.2) is 10.1 Å². The molecule has 0 bridgehead atoms. The number of rotatable bonds is 1. The van der Waals surface area contributed by atoms with Gasteiger partial charge in [0.1, 0.15) is 0 Å². The van der Waals surface area contributed by atoms with Gasteiger partial charge in [-0.15, -0.1) is 0 Å². The Morgan fingerprint density at radius 3 is 1.80 bits per heavy atom. The molecule has 0 aromatic rings. The quantitative estimate of drug-likeness (QED) is 0.673. The molecule has 1 N–H and O–H groups in total. The second kappa shape index (κ2) is 2.48. The van der Waals surface area contributed by atoms with E-state index < -0.39 is 22.2 Å². The molecule has 4 heteroatoms. The molecule has 0 aliphatic heterocycles. The third-order valence-corrected chi connectivity index (χ3v) is 0.668. The topological polar surface area (TPSA) is 54.4 Å². The van der Waals surface area contributed by atoms with Crippen LogP contribution in [0.3, 0.4) is 0 Å². The number of aliphatic hydroxyl groups excluding tert-OH is 1. The van der Waals surface area contributed by atoms with Crippen LogP contribution in [0.25, 0.3) is 0 Å². The molecule has 0 aliphatic rings. The van der Waals surface area contributed by atoms with Gasteiger partial charge in [-0.05, 0) is 0 Å². The van der Waals surface area contributed by atoms with E-state index >= 15 is 0 Å². The van der Waals surface area contributed by atoms with Gasteiger partial charge in [-0.25, -0.2) is 0 Å². The van der Waals surface area contributed by atoms with E-state index in [4.69, 9.17) is 5.11 Å². The Balaban J connectivity index is 3.23. The van der Waals surface area contributed by atoms with Crippen molar-refractivity contribution in [3.63, 3.8) is 0 Å². The van der Waals surface area contributed by atoms with Gasteiger partial charge in [0.25, 0.3) is 0 Å². The molecule has 0 amide bonds. The van der Waals surface area contributed by atoms with Gasteiger partial charge < -0.3 is 0 Å². The van der Waals surface area contributed by atoms with Crippen molar-refractivity contribution in [2.24, 2.45) is 0 Å². The summed E-state index contributed by atoms with van der Waals surface area (Å²) in [6.07, 6.45) is 0. The van der Waals surface area contributed by atoms with Crippen LogP contribution in [0, 0.1) is 0 Å². The summed E-state index contributed by atoms with van der Waals surface area (Å²) < 4.78 is 18.5. The minimum atomic E-state index is -3.23. The van der Waals surface area contributed by atoms with Crippen molar-refractivity contribution in [2.45, 2.75) is 0 Å². The summed E-state index contributed by atoms with van der Waals surface area (Å²) in [4.78, 5) is -0.648. The maximum absolute atomic E-state index is 9.25. The zero-order chi connectivity index (χ0) is 4.28. The Morgan fingerprint density at radius 1 is 1.60 bits per heavy atom. The van der Waals surface area contributed by atoms with E-state index in [2.05, 4.69) is 0 Å². The SMILES string of the molecule is [O]=[Pt](=[O])[CH2]O. The van der Waals surface area contributed by atoms with Crippen molar-refractivity contribution in [1.82, 2.24) is 0 Å². The zero-order valence-corrected chi connectivity index (χ0v) is 4.56. The van der Waals surface area contributed by atoms with Crippen LogP contribution in [0.4, 0.5) is 0 Å². The van der Waals surface area contributed by atoms with E-state index in [0.717, 1.165) is 0 Å². The Labute approximate surface area is 34.8 Å². The van der Waals surface area contributed by atoms with Gasteiger partial charge in [-0.2, -0.15) is 0 Å². The fourth-order valence-corrected chi connectivity index (χ4v) is 0. The van der Waals surface area contributed by atoms with Crippen molar-refractivity contribution in [3.05, 3.63) is 0 Å². The molecule has 0 heterocycles. The average molecular weight is 258 g/mol. The average Bonchev–Trinajstić information content (AvgIpc) is 1.38. The predicted octanol–water partition coefficient (Wildman–Crippen LogP) is -0.755. The summed E-state index contributed by atoms with van der Waals surface area (Å²) in [6, 6.07) is 0. The van der Waals surface area contributed by atoms with Crippen LogP contribution >= 0.6 is 0 Å². The maximum atomic E-state index is 9.25. The molecule has 0 aromatic heterocycles. The summed E-state index contributed by atoms with van der Waals surface area (Å²) in [5, 5.41) is 7.59. The molecule has 3 nitrogen and oxygen atoms in total. The first-order valence-electron chi connectivity index (χ1n) is 0.798. The van der Waals surface area contributed by atoms with E-state index in [1.807, 2.05) is 0 Å². The first kappa shape index (κ1) is 5.25. The molecule has 0 saturated heterocycles. The Hall–Kier alpha value is 0.248. The third-order valence-electron chi connectivity index (χ3n) is 0.0816. The van der Waals surface area contributed by atoms with Crippen molar-refractivity contribution in [1.29, 1.82) is 0 Å². The molecule has 0 unspecified atom stereocenters. The van der Waals surface area contributed by atoms with Crippen LogP contribution in [-0.2, 0) is 24.0 Å². The molecule has 0 rings (SSSR count). The molecule has 0 aliphatic carbocycles. The number of hydrogen-bond donors (Lipinski definition) is 1. The Morgan fingerprint density at radius 2 is 1.80 bits per heavy atom. The van der Waals surface area contributed by atoms with E-state index in [1.165, 1.54) is 0 Å². The van der Waals surface area contributed by atoms with Crippen molar-refractivity contribution in [3.8, 4) is 0 Å². The molecule has 5 heavy (non-hydrogen) atoms. The molecule has 0 radical (unpaired) electrons. The van der Waals surface area contributed by atoms with Crippen molar-refractivity contribution >= 4 is 0 Å². The molecule has 0 saturated carbocycles. The third kappa shape index (κ3) is 4.25. The van der Waals surface area contributed by atoms with Gasteiger partial charge in [0, 0.05) is 0 Å². The van der Waals surface area contributed by atoms with Crippen LogP contribution in [0.2, 0.25) is 0 Å². The summed E-state index contributed by atoms with van der Waals surface area (Å²) in [6.45, 7) is 0. The molecular weight excluding hydrogens is 255 g/mol. The van der Waals surface area contributed by atoms with Gasteiger partial charge in [-0.3, -0.25) is 0 Å². The van der Waals surface area contributed by atoms with Crippen LogP contribution in [0.15, 0.2) is 0 Å². The standard InChI is InChI=1S/CH3O.2O.Pt/c1-2;;;/h2H,1H2;;;. The van der Waals surface area contributed by atoms with Gasteiger partial charge in [0.15, 0.2) is 0 Å². The van der Waals surface area contributed by atoms with E-state index in [-0.39, 0.29) is 0 Å². The predicted molar refractivity (Wildman–Crippen MR) is 8.46 cm³/mol. The second-order valence-electron chi connectivity index (χ2n) is 0.335. The van der Waals surface area contributed by atoms with E-state index in [1.54, 1.807) is 0 Å². The Kier molecular flexibility index (Phi) is 2.61. The van der Waals surface area contributed by atoms with Gasteiger partial charge in [0.2, 0.25) is 0 Å². The number of aliphatic hydroxyl groups is 1. The van der Waals surface area contributed by atoms with E-state index in [9.17, 15) is 6.80 Å². The first-order valence-corrected chi connectivity index (χ1v) is 4.26. The van der Waals surface area contributed by atoms with Crippen molar-refractivity contribution in [2.75, 3.05) is 5.00 Å². The molecule has 0 fully saturated rings. The summed E-state index contributed by atoms with van der Waals surface area (Å²) in [5.74, 6) is 0. The van der Waals surface area contributed by atoms with Crippen LogP contribution in [0.1, 0.15) is 0 Å². The molecule has 0 aromatic carbocycles. The summed E-state index contributed by atoms with van der Waals surface area (Å²) >= 11 is -3.23. The van der Waals surface area contributed by atoms with Crippen LogP contribution in [0.5, 0.6) is 0 Å². The number of hydrogen-bond acceptors (Lipinski definition) is 3. The van der Waals surface area contributed by atoms with Crippen LogP contribution < -0.4 is 0 Å². The molecule has 0 atom stereocenters. The van der Waals surface area contributed by atoms with E-state index in [0.29, 0.717) is 0 Å².